The van der Waals surface area contributed by atoms with Crippen molar-refractivity contribution in [1.29, 1.82) is 0 Å². The number of aliphatic hydroxyl groups is 1. The zero-order valence-electron chi connectivity index (χ0n) is 16.7. The Morgan fingerprint density at radius 1 is 1.36 bits per heavy atom. The zero-order chi connectivity index (χ0) is 19.4. The largest absolute Gasteiger partial charge is 0.456 e. The van der Waals surface area contributed by atoms with Gasteiger partial charge in [-0.2, -0.15) is 0 Å². The summed E-state index contributed by atoms with van der Waals surface area (Å²) in [5, 5.41) is 11.2. The smallest absolute Gasteiger partial charge is 0.340 e. The molecule has 0 saturated carbocycles. The lowest BCUT2D eigenvalue weighted by molar-refractivity contribution is -0.216. The molecule has 0 aromatic heterocycles. The van der Waals surface area contributed by atoms with E-state index in [1.807, 2.05) is 6.92 Å². The quantitative estimate of drug-likeness (QED) is 0.501. The fraction of sp³-hybridized carbons (Fsp3) is 0.750. The Labute approximate surface area is 152 Å². The maximum absolute atomic E-state index is 12.1. The molecule has 1 aliphatic heterocycles. The van der Waals surface area contributed by atoms with Crippen LogP contribution in [-0.4, -0.2) is 35.7 Å². The van der Waals surface area contributed by atoms with E-state index >= 15 is 0 Å². The van der Waals surface area contributed by atoms with Gasteiger partial charge in [0.05, 0.1) is 17.3 Å². The summed E-state index contributed by atoms with van der Waals surface area (Å²) in [6.07, 6.45) is 3.11. The number of hydrogen-bond acceptors (Lipinski definition) is 5. The normalized spacial score (nSPS) is 23.1. The highest BCUT2D eigenvalue weighted by atomic mass is 16.7. The summed E-state index contributed by atoms with van der Waals surface area (Å²) in [6, 6.07) is 0. The SMILES string of the molecule is C=CC[C@](C[C@@H](C)CC)(OC)[C@H](O)[C@H](C)C1=C(C)C(=O)OC(C)(C)O1. The highest BCUT2D eigenvalue weighted by Crippen LogP contribution is 2.39. The van der Waals surface area contributed by atoms with Crippen LogP contribution in [0.3, 0.4) is 0 Å². The van der Waals surface area contributed by atoms with Crippen molar-refractivity contribution in [1.82, 2.24) is 0 Å². The fourth-order valence-corrected chi connectivity index (χ4v) is 3.39. The van der Waals surface area contributed by atoms with Gasteiger partial charge in [0.1, 0.15) is 5.76 Å². The van der Waals surface area contributed by atoms with Crippen LogP contribution < -0.4 is 0 Å². The van der Waals surface area contributed by atoms with Crippen molar-refractivity contribution in [3.05, 3.63) is 24.0 Å². The molecule has 1 aliphatic rings. The summed E-state index contributed by atoms with van der Waals surface area (Å²) in [4.78, 5) is 12.1. The van der Waals surface area contributed by atoms with E-state index in [0.29, 0.717) is 30.1 Å². The summed E-state index contributed by atoms with van der Waals surface area (Å²) in [5.41, 5.74) is -0.392. The molecule has 5 nitrogen and oxygen atoms in total. The molecule has 0 aromatic rings. The van der Waals surface area contributed by atoms with Crippen molar-refractivity contribution < 1.29 is 24.1 Å². The third kappa shape index (κ3) is 4.85. The zero-order valence-corrected chi connectivity index (χ0v) is 16.7. The number of hydrogen-bond donors (Lipinski definition) is 1. The average Bonchev–Trinajstić information content (AvgIpc) is 2.55. The minimum Gasteiger partial charge on any atom is -0.456 e. The van der Waals surface area contributed by atoms with Crippen LogP contribution in [0.5, 0.6) is 0 Å². The Kier molecular flexibility index (Phi) is 7.27. The molecule has 0 aromatic carbocycles. The number of methoxy groups -OCH3 is 1. The predicted molar refractivity (Wildman–Crippen MR) is 97.8 cm³/mol. The van der Waals surface area contributed by atoms with Gasteiger partial charge in [-0.25, -0.2) is 4.79 Å². The fourth-order valence-electron chi connectivity index (χ4n) is 3.39. The molecule has 5 heteroatoms. The first-order valence-electron chi connectivity index (χ1n) is 9.00. The lowest BCUT2D eigenvalue weighted by Gasteiger charge is -2.43. The number of ether oxygens (including phenoxy) is 3. The molecule has 0 unspecified atom stereocenters. The molecule has 0 radical (unpaired) electrons. The number of cyclic esters (lactones) is 1. The molecule has 144 valence electrons. The first-order chi connectivity index (χ1) is 11.5. The third-order valence-corrected chi connectivity index (χ3v) is 5.08. The molecule has 0 amide bonds. The van der Waals surface area contributed by atoms with Gasteiger partial charge in [-0.15, -0.1) is 6.58 Å². The predicted octanol–water partition coefficient (Wildman–Crippen LogP) is 3.96. The summed E-state index contributed by atoms with van der Waals surface area (Å²) < 4.78 is 16.9. The van der Waals surface area contributed by atoms with Gasteiger partial charge in [0.15, 0.2) is 0 Å². The lowest BCUT2D eigenvalue weighted by atomic mass is 9.77. The van der Waals surface area contributed by atoms with Gasteiger partial charge in [0.25, 0.3) is 0 Å². The van der Waals surface area contributed by atoms with Crippen LogP contribution in [0, 0.1) is 11.8 Å². The van der Waals surface area contributed by atoms with Crippen molar-refractivity contribution in [2.24, 2.45) is 11.8 Å². The van der Waals surface area contributed by atoms with Gasteiger partial charge >= 0.3 is 5.97 Å². The van der Waals surface area contributed by atoms with Gasteiger partial charge in [-0.05, 0) is 25.7 Å². The van der Waals surface area contributed by atoms with E-state index in [1.165, 1.54) is 0 Å². The van der Waals surface area contributed by atoms with Crippen LogP contribution in [0.15, 0.2) is 24.0 Å². The Morgan fingerprint density at radius 3 is 2.44 bits per heavy atom. The van der Waals surface area contributed by atoms with Gasteiger partial charge in [-0.3, -0.25) is 0 Å². The molecular formula is C20H34O5. The first kappa shape index (κ1) is 21.7. The second kappa shape index (κ2) is 8.37. The average molecular weight is 354 g/mol. The van der Waals surface area contributed by atoms with Gasteiger partial charge in [-0.1, -0.05) is 33.3 Å². The van der Waals surface area contributed by atoms with Crippen molar-refractivity contribution >= 4 is 5.97 Å². The number of carbonyl (C=O) groups excluding carboxylic acids is 1. The van der Waals surface area contributed by atoms with Crippen molar-refractivity contribution in [3.8, 4) is 0 Å². The van der Waals surface area contributed by atoms with Crippen LogP contribution in [0.1, 0.15) is 60.8 Å². The molecular weight excluding hydrogens is 320 g/mol. The van der Waals surface area contributed by atoms with E-state index in [9.17, 15) is 9.90 Å². The third-order valence-electron chi connectivity index (χ3n) is 5.08. The number of aliphatic hydroxyl groups excluding tert-OH is 1. The van der Waals surface area contributed by atoms with Crippen molar-refractivity contribution in [3.63, 3.8) is 0 Å². The maximum atomic E-state index is 12.1. The van der Waals surface area contributed by atoms with Gasteiger partial charge < -0.3 is 19.3 Å². The number of esters is 1. The molecule has 25 heavy (non-hydrogen) atoms. The van der Waals surface area contributed by atoms with Crippen LogP contribution in [0.2, 0.25) is 0 Å². The molecule has 1 N–H and O–H groups in total. The number of carbonyl (C=O) groups is 1. The Hall–Kier alpha value is -1.33. The summed E-state index contributed by atoms with van der Waals surface area (Å²) >= 11 is 0. The highest BCUT2D eigenvalue weighted by molar-refractivity contribution is 5.89. The van der Waals surface area contributed by atoms with E-state index in [4.69, 9.17) is 14.2 Å². The lowest BCUT2D eigenvalue weighted by Crippen LogP contribution is -2.50. The summed E-state index contributed by atoms with van der Waals surface area (Å²) in [6.45, 7) is 15.0. The van der Waals surface area contributed by atoms with Crippen molar-refractivity contribution in [2.45, 2.75) is 78.3 Å². The van der Waals surface area contributed by atoms with Crippen LogP contribution in [-0.2, 0) is 19.0 Å². The molecule has 0 spiro atoms. The molecule has 0 bridgehead atoms. The Bertz CT molecular complexity index is 522. The Morgan fingerprint density at radius 2 is 1.96 bits per heavy atom. The molecule has 1 rings (SSSR count). The minimum atomic E-state index is -1.05. The first-order valence-corrected chi connectivity index (χ1v) is 9.00. The van der Waals surface area contributed by atoms with Crippen LogP contribution in [0.25, 0.3) is 0 Å². The Balaban J connectivity index is 3.22. The van der Waals surface area contributed by atoms with E-state index in [1.54, 1.807) is 34.0 Å². The molecule has 0 aliphatic carbocycles. The molecule has 0 saturated heterocycles. The highest BCUT2D eigenvalue weighted by Gasteiger charge is 2.45. The van der Waals surface area contributed by atoms with Crippen molar-refractivity contribution in [2.75, 3.05) is 7.11 Å². The van der Waals surface area contributed by atoms with E-state index in [-0.39, 0.29) is 0 Å². The summed E-state index contributed by atoms with van der Waals surface area (Å²) in [5.74, 6) is -1.05. The van der Waals surface area contributed by atoms with Crippen LogP contribution >= 0.6 is 0 Å². The molecule has 4 atom stereocenters. The summed E-state index contributed by atoms with van der Waals surface area (Å²) in [7, 11) is 1.61. The standard InChI is InChI=1S/C20H34O5/c1-9-11-20(23-8,12-13(3)10-2)17(21)14(4)16-15(5)18(22)25-19(6,7)24-16/h9,13-14,17,21H,1,10-12H2,2-8H3/t13-,14+,17+,20+/m0/s1. The van der Waals surface area contributed by atoms with Gasteiger partial charge in [0.2, 0.25) is 5.79 Å². The number of rotatable bonds is 9. The van der Waals surface area contributed by atoms with E-state index in [0.717, 1.165) is 6.42 Å². The van der Waals surface area contributed by atoms with Gasteiger partial charge in [0, 0.05) is 26.9 Å². The maximum Gasteiger partial charge on any atom is 0.340 e. The van der Waals surface area contributed by atoms with E-state index < -0.39 is 29.4 Å². The molecule has 0 fully saturated rings. The second-order valence-electron chi connectivity index (χ2n) is 7.59. The topological polar surface area (TPSA) is 65.0 Å². The minimum absolute atomic E-state index is 0.380. The second-order valence-corrected chi connectivity index (χ2v) is 7.59. The van der Waals surface area contributed by atoms with E-state index in [2.05, 4.69) is 20.4 Å². The van der Waals surface area contributed by atoms with Crippen LogP contribution in [0.4, 0.5) is 0 Å². The molecule has 1 heterocycles. The monoisotopic (exact) mass is 354 g/mol.